The molecule has 0 radical (unpaired) electrons. The Kier molecular flexibility index (Phi) is 4.71. The highest BCUT2D eigenvalue weighted by Crippen LogP contribution is 2.48. The Hall–Kier alpha value is -1.61. The molecule has 4 nitrogen and oxygen atoms in total. The summed E-state index contributed by atoms with van der Waals surface area (Å²) in [4.78, 5) is 16.1. The number of benzene rings is 1. The molecule has 1 aliphatic rings. The van der Waals surface area contributed by atoms with Gasteiger partial charge < -0.3 is 10.4 Å². The Morgan fingerprint density at radius 2 is 1.92 bits per heavy atom. The van der Waals surface area contributed by atoms with E-state index in [9.17, 15) is 27.5 Å². The van der Waals surface area contributed by atoms with Gasteiger partial charge in [-0.05, 0) is 26.8 Å². The SMILES string of the molecule is C[C@H](N=C1NC(=O)C(C)(C(C)(O)C(F)(F)F)S1)c1ccccc1F. The van der Waals surface area contributed by atoms with Gasteiger partial charge in [0.15, 0.2) is 10.8 Å². The number of nitrogens with zero attached hydrogens (tertiary/aromatic N) is 1. The number of aliphatic imine (C=N–C) groups is 1. The molecule has 1 aromatic rings. The fourth-order valence-corrected chi connectivity index (χ4v) is 3.39. The van der Waals surface area contributed by atoms with E-state index in [-0.39, 0.29) is 10.7 Å². The average Bonchev–Trinajstić information content (AvgIpc) is 2.74. The third-order valence-electron chi connectivity index (χ3n) is 4.10. The van der Waals surface area contributed by atoms with E-state index in [0.29, 0.717) is 18.7 Å². The largest absolute Gasteiger partial charge is 0.418 e. The summed E-state index contributed by atoms with van der Waals surface area (Å²) in [5, 5.41) is 12.0. The van der Waals surface area contributed by atoms with Crippen LogP contribution in [-0.4, -0.2) is 32.7 Å². The summed E-state index contributed by atoms with van der Waals surface area (Å²) in [6.45, 7) is 3.09. The maximum absolute atomic E-state index is 13.7. The summed E-state index contributed by atoms with van der Waals surface area (Å²) in [6.07, 6.45) is -5.00. The van der Waals surface area contributed by atoms with E-state index in [2.05, 4.69) is 10.3 Å². The topological polar surface area (TPSA) is 61.7 Å². The maximum Gasteiger partial charge on any atom is 0.418 e. The molecule has 0 spiro atoms. The molecule has 1 saturated heterocycles. The van der Waals surface area contributed by atoms with Crippen LogP contribution in [0.25, 0.3) is 0 Å². The molecule has 1 aliphatic heterocycles. The number of rotatable bonds is 3. The van der Waals surface area contributed by atoms with Crippen molar-refractivity contribution in [3.8, 4) is 0 Å². The number of nitrogens with one attached hydrogen (secondary N) is 1. The van der Waals surface area contributed by atoms with Gasteiger partial charge in [0.2, 0.25) is 5.91 Å². The highest BCUT2D eigenvalue weighted by Gasteiger charge is 2.67. The second-order valence-electron chi connectivity index (χ2n) is 5.79. The van der Waals surface area contributed by atoms with Crippen LogP contribution in [0.5, 0.6) is 0 Å². The number of amidine groups is 1. The zero-order valence-electron chi connectivity index (χ0n) is 13.1. The van der Waals surface area contributed by atoms with Gasteiger partial charge in [-0.25, -0.2) is 4.39 Å². The lowest BCUT2D eigenvalue weighted by Gasteiger charge is -2.37. The number of hydrogen-bond donors (Lipinski definition) is 2. The monoisotopic (exact) mass is 364 g/mol. The quantitative estimate of drug-likeness (QED) is 0.810. The molecule has 0 bridgehead atoms. The molecular formula is C15H16F4N2O2S. The Bertz CT molecular complexity index is 690. The molecule has 24 heavy (non-hydrogen) atoms. The highest BCUT2D eigenvalue weighted by molar-refractivity contribution is 8.16. The standard InChI is InChI=1S/C15H16F4N2O2S/c1-8(9-6-4-5-7-10(9)16)20-12-21-11(22)13(2,24-12)14(3,23)15(17,18)19/h4-8,23H,1-3H3,(H,20,21,22)/t8-,13?,14?/m0/s1. The number of alkyl halides is 3. The molecule has 2 N–H and O–H groups in total. The first-order chi connectivity index (χ1) is 10.9. The molecule has 0 saturated carbocycles. The molecule has 1 fully saturated rings. The lowest BCUT2D eigenvalue weighted by Crippen LogP contribution is -2.61. The summed E-state index contributed by atoms with van der Waals surface area (Å²) in [6, 6.07) is 5.13. The number of hydrogen-bond acceptors (Lipinski definition) is 4. The van der Waals surface area contributed by atoms with E-state index >= 15 is 0 Å². The molecule has 3 atom stereocenters. The zero-order chi connectivity index (χ0) is 18.3. The molecule has 1 amide bonds. The maximum atomic E-state index is 13.7. The Labute approximate surface area is 140 Å². The Morgan fingerprint density at radius 3 is 2.46 bits per heavy atom. The van der Waals surface area contributed by atoms with E-state index in [1.807, 2.05) is 0 Å². The number of aliphatic hydroxyl groups is 1. The molecule has 2 rings (SSSR count). The minimum atomic E-state index is -5.00. The van der Waals surface area contributed by atoms with Crippen molar-refractivity contribution in [2.75, 3.05) is 0 Å². The van der Waals surface area contributed by atoms with E-state index in [1.54, 1.807) is 13.0 Å². The molecule has 0 aliphatic carbocycles. The van der Waals surface area contributed by atoms with Crippen LogP contribution in [0.2, 0.25) is 0 Å². The van der Waals surface area contributed by atoms with Crippen molar-refractivity contribution in [2.24, 2.45) is 4.99 Å². The van der Waals surface area contributed by atoms with Crippen LogP contribution in [0.3, 0.4) is 0 Å². The summed E-state index contributed by atoms with van der Waals surface area (Å²) < 4.78 is 50.8. The van der Waals surface area contributed by atoms with Gasteiger partial charge in [-0.15, -0.1) is 0 Å². The third-order valence-corrected chi connectivity index (χ3v) is 5.49. The van der Waals surface area contributed by atoms with Crippen LogP contribution in [0.4, 0.5) is 17.6 Å². The van der Waals surface area contributed by atoms with E-state index in [1.165, 1.54) is 18.2 Å². The van der Waals surface area contributed by atoms with Crippen LogP contribution < -0.4 is 5.32 Å². The van der Waals surface area contributed by atoms with E-state index < -0.39 is 34.3 Å². The van der Waals surface area contributed by atoms with E-state index in [0.717, 1.165) is 6.92 Å². The zero-order valence-corrected chi connectivity index (χ0v) is 13.9. The number of thioether (sulfide) groups is 1. The molecule has 0 aromatic heterocycles. The molecule has 132 valence electrons. The predicted molar refractivity (Wildman–Crippen MR) is 83.1 cm³/mol. The summed E-state index contributed by atoms with van der Waals surface area (Å²) >= 11 is 0.481. The van der Waals surface area contributed by atoms with Gasteiger partial charge in [0.25, 0.3) is 0 Å². The van der Waals surface area contributed by atoms with Gasteiger partial charge in [0, 0.05) is 5.56 Å². The second kappa shape index (κ2) is 6.03. The van der Waals surface area contributed by atoms with Crippen molar-refractivity contribution in [3.05, 3.63) is 35.6 Å². The summed E-state index contributed by atoms with van der Waals surface area (Å²) in [5.74, 6) is -1.51. The lowest BCUT2D eigenvalue weighted by atomic mass is 9.88. The molecule has 1 aromatic carbocycles. The second-order valence-corrected chi connectivity index (χ2v) is 7.20. The number of carbonyl (C=O) groups is 1. The average molecular weight is 364 g/mol. The first-order valence-corrected chi connectivity index (χ1v) is 7.83. The minimum Gasteiger partial charge on any atom is -0.379 e. The highest BCUT2D eigenvalue weighted by atomic mass is 32.2. The van der Waals surface area contributed by atoms with Crippen LogP contribution in [0, 0.1) is 5.82 Å². The molecular weight excluding hydrogens is 348 g/mol. The first kappa shape index (κ1) is 18.7. The van der Waals surface area contributed by atoms with Gasteiger partial charge >= 0.3 is 6.18 Å². The minimum absolute atomic E-state index is 0.0946. The van der Waals surface area contributed by atoms with Crippen molar-refractivity contribution in [2.45, 2.75) is 43.3 Å². The fraction of sp³-hybridized carbons (Fsp3) is 0.467. The fourth-order valence-electron chi connectivity index (χ4n) is 2.19. The smallest absolute Gasteiger partial charge is 0.379 e. The summed E-state index contributed by atoms with van der Waals surface area (Å²) in [5.41, 5.74) is -3.01. The number of halogens is 4. The van der Waals surface area contributed by atoms with Gasteiger partial charge in [-0.3, -0.25) is 9.79 Å². The van der Waals surface area contributed by atoms with Crippen molar-refractivity contribution in [3.63, 3.8) is 0 Å². The van der Waals surface area contributed by atoms with Gasteiger partial charge in [-0.1, -0.05) is 30.0 Å². The van der Waals surface area contributed by atoms with Crippen molar-refractivity contribution in [1.82, 2.24) is 5.32 Å². The Morgan fingerprint density at radius 1 is 1.33 bits per heavy atom. The van der Waals surface area contributed by atoms with Crippen molar-refractivity contribution in [1.29, 1.82) is 0 Å². The normalized spacial score (nSPS) is 27.0. The van der Waals surface area contributed by atoms with Gasteiger partial charge in [0.05, 0.1) is 6.04 Å². The van der Waals surface area contributed by atoms with E-state index in [4.69, 9.17) is 0 Å². The Balaban J connectivity index is 2.31. The van der Waals surface area contributed by atoms with Crippen LogP contribution in [-0.2, 0) is 4.79 Å². The van der Waals surface area contributed by atoms with Crippen molar-refractivity contribution >= 4 is 22.8 Å². The summed E-state index contributed by atoms with van der Waals surface area (Å²) in [7, 11) is 0. The van der Waals surface area contributed by atoms with Crippen molar-refractivity contribution < 1.29 is 27.5 Å². The molecule has 2 unspecified atom stereocenters. The molecule has 1 heterocycles. The third kappa shape index (κ3) is 3.02. The predicted octanol–water partition coefficient (Wildman–Crippen LogP) is 3.18. The molecule has 9 heteroatoms. The first-order valence-electron chi connectivity index (χ1n) is 7.02. The van der Waals surface area contributed by atoms with Crippen LogP contribution in [0.15, 0.2) is 29.3 Å². The number of carbonyl (C=O) groups excluding carboxylic acids is 1. The van der Waals surface area contributed by atoms with Gasteiger partial charge in [-0.2, -0.15) is 13.2 Å². The van der Waals surface area contributed by atoms with Crippen LogP contribution >= 0.6 is 11.8 Å². The van der Waals surface area contributed by atoms with Gasteiger partial charge in [0.1, 0.15) is 10.6 Å². The van der Waals surface area contributed by atoms with Crippen LogP contribution in [0.1, 0.15) is 32.4 Å². The lowest BCUT2D eigenvalue weighted by molar-refractivity contribution is -0.260. The number of amides is 1.